The van der Waals surface area contributed by atoms with Gasteiger partial charge in [-0.3, -0.25) is 4.21 Å². The van der Waals surface area contributed by atoms with Crippen LogP contribution in [0.25, 0.3) is 0 Å². The van der Waals surface area contributed by atoms with Crippen molar-refractivity contribution in [1.82, 2.24) is 5.32 Å². The van der Waals surface area contributed by atoms with Crippen molar-refractivity contribution in [3.8, 4) is 0 Å². The Hall–Kier alpha value is -0.610. The van der Waals surface area contributed by atoms with Crippen molar-refractivity contribution < 1.29 is 8.63 Å². The molecule has 1 N–H and O–H groups in total. The fourth-order valence-corrected chi connectivity index (χ4v) is 2.79. The van der Waals surface area contributed by atoms with Crippen molar-refractivity contribution >= 4 is 10.8 Å². The summed E-state index contributed by atoms with van der Waals surface area (Å²) in [6.07, 6.45) is 1.01. The Bertz CT molecular complexity index is 347. The molecule has 0 saturated carbocycles. The van der Waals surface area contributed by atoms with Gasteiger partial charge >= 0.3 is 0 Å². The summed E-state index contributed by atoms with van der Waals surface area (Å²) in [5, 5.41) is 3.20. The van der Waals surface area contributed by atoms with E-state index in [0.29, 0.717) is 11.7 Å². The van der Waals surface area contributed by atoms with Gasteiger partial charge in [-0.15, -0.1) is 0 Å². The first-order chi connectivity index (χ1) is 8.11. The lowest BCUT2D eigenvalue weighted by Gasteiger charge is -2.03. The quantitative estimate of drug-likeness (QED) is 0.778. The summed E-state index contributed by atoms with van der Waals surface area (Å²) in [6.45, 7) is 8.04. The lowest BCUT2D eigenvalue weighted by Crippen LogP contribution is -2.10. The molecule has 0 fully saturated rings. The van der Waals surface area contributed by atoms with Crippen molar-refractivity contribution in [2.24, 2.45) is 5.92 Å². The van der Waals surface area contributed by atoms with Crippen LogP contribution in [0.5, 0.6) is 0 Å². The summed E-state index contributed by atoms with van der Waals surface area (Å²) < 4.78 is 17.4. The molecule has 98 valence electrons. The Kier molecular flexibility index (Phi) is 6.52. The van der Waals surface area contributed by atoms with E-state index in [-0.39, 0.29) is 0 Å². The van der Waals surface area contributed by atoms with Gasteiger partial charge in [0, 0.05) is 16.6 Å². The van der Waals surface area contributed by atoms with Gasteiger partial charge in [-0.1, -0.05) is 20.8 Å². The van der Waals surface area contributed by atoms with Gasteiger partial charge in [0.15, 0.2) is 0 Å². The molecule has 0 aliphatic rings. The fourth-order valence-electron chi connectivity index (χ4n) is 1.44. The van der Waals surface area contributed by atoms with Gasteiger partial charge in [0.1, 0.15) is 11.5 Å². The molecule has 1 aromatic heterocycles. The topological polar surface area (TPSA) is 42.2 Å². The maximum Gasteiger partial charge on any atom is 0.118 e. The SMILES string of the molecule is CCNCc1ccc(CS(=O)CCC(C)C)o1. The molecule has 17 heavy (non-hydrogen) atoms. The smallest absolute Gasteiger partial charge is 0.118 e. The van der Waals surface area contributed by atoms with Crippen LogP contribution in [0.2, 0.25) is 0 Å². The van der Waals surface area contributed by atoms with E-state index >= 15 is 0 Å². The molecule has 1 atom stereocenters. The van der Waals surface area contributed by atoms with Gasteiger partial charge in [0.05, 0.1) is 12.3 Å². The average molecular weight is 257 g/mol. The highest BCUT2D eigenvalue weighted by Crippen LogP contribution is 2.11. The second kappa shape index (κ2) is 7.67. The third kappa shape index (κ3) is 6.03. The highest BCUT2D eigenvalue weighted by Gasteiger charge is 2.07. The molecule has 1 aromatic rings. The zero-order valence-corrected chi connectivity index (χ0v) is 11.8. The summed E-state index contributed by atoms with van der Waals surface area (Å²) in [5.74, 6) is 3.67. The van der Waals surface area contributed by atoms with E-state index in [1.807, 2.05) is 12.1 Å². The molecule has 1 rings (SSSR count). The van der Waals surface area contributed by atoms with Crippen LogP contribution in [0.15, 0.2) is 16.5 Å². The van der Waals surface area contributed by atoms with Crippen LogP contribution in [-0.4, -0.2) is 16.5 Å². The number of furan rings is 1. The zero-order valence-electron chi connectivity index (χ0n) is 11.0. The van der Waals surface area contributed by atoms with E-state index in [1.165, 1.54) is 0 Å². The molecule has 0 bridgehead atoms. The summed E-state index contributed by atoms with van der Waals surface area (Å²) in [6, 6.07) is 3.89. The average Bonchev–Trinajstić information content (AvgIpc) is 2.71. The van der Waals surface area contributed by atoms with Gasteiger partial charge < -0.3 is 9.73 Å². The third-order valence-corrected chi connectivity index (χ3v) is 3.79. The first-order valence-corrected chi connectivity index (χ1v) is 7.74. The lowest BCUT2D eigenvalue weighted by molar-refractivity contribution is 0.461. The standard InChI is InChI=1S/C13H23NO2S/c1-4-14-9-12-5-6-13(16-12)10-17(15)8-7-11(2)3/h5-6,11,14H,4,7-10H2,1-3H3. The molecular formula is C13H23NO2S. The largest absolute Gasteiger partial charge is 0.464 e. The normalized spacial score (nSPS) is 13.2. The van der Waals surface area contributed by atoms with Gasteiger partial charge in [0.25, 0.3) is 0 Å². The molecule has 3 nitrogen and oxygen atoms in total. The van der Waals surface area contributed by atoms with Gasteiger partial charge in [-0.2, -0.15) is 0 Å². The number of hydrogen-bond donors (Lipinski definition) is 1. The first kappa shape index (κ1) is 14.5. The summed E-state index contributed by atoms with van der Waals surface area (Å²) in [4.78, 5) is 0. The van der Waals surface area contributed by atoms with E-state index < -0.39 is 10.8 Å². The molecular weight excluding hydrogens is 234 g/mol. The minimum Gasteiger partial charge on any atom is -0.464 e. The van der Waals surface area contributed by atoms with Crippen LogP contribution >= 0.6 is 0 Å². The molecule has 0 aromatic carbocycles. The summed E-state index contributed by atoms with van der Waals surface area (Å²) in [5.41, 5.74) is 0. The van der Waals surface area contributed by atoms with E-state index in [1.54, 1.807) is 0 Å². The minimum absolute atomic E-state index is 0.541. The molecule has 4 heteroatoms. The Balaban J connectivity index is 2.35. The lowest BCUT2D eigenvalue weighted by atomic mass is 10.2. The van der Waals surface area contributed by atoms with E-state index in [4.69, 9.17) is 4.42 Å². The second-order valence-corrected chi connectivity index (χ2v) is 6.20. The molecule has 0 amide bonds. The Morgan fingerprint density at radius 3 is 2.71 bits per heavy atom. The first-order valence-electron chi connectivity index (χ1n) is 6.25. The van der Waals surface area contributed by atoms with Crippen LogP contribution in [0.1, 0.15) is 38.7 Å². The summed E-state index contributed by atoms with van der Waals surface area (Å²) >= 11 is 0. The fraction of sp³-hybridized carbons (Fsp3) is 0.692. The molecule has 0 radical (unpaired) electrons. The molecule has 0 aliphatic carbocycles. The predicted molar refractivity (Wildman–Crippen MR) is 72.3 cm³/mol. The monoisotopic (exact) mass is 257 g/mol. The van der Waals surface area contributed by atoms with Crippen molar-refractivity contribution in [2.75, 3.05) is 12.3 Å². The van der Waals surface area contributed by atoms with Crippen LogP contribution in [0.3, 0.4) is 0 Å². The van der Waals surface area contributed by atoms with Gasteiger partial charge in [-0.05, 0) is 31.0 Å². The molecule has 0 saturated heterocycles. The van der Waals surface area contributed by atoms with Crippen molar-refractivity contribution in [2.45, 2.75) is 39.5 Å². The Morgan fingerprint density at radius 2 is 2.06 bits per heavy atom. The Labute approximate surface area is 106 Å². The van der Waals surface area contributed by atoms with Gasteiger partial charge in [-0.25, -0.2) is 0 Å². The molecule has 1 unspecified atom stereocenters. The molecule has 0 aliphatic heterocycles. The molecule has 0 spiro atoms. The second-order valence-electron chi connectivity index (χ2n) is 4.62. The maximum atomic E-state index is 11.8. The maximum absolute atomic E-state index is 11.8. The van der Waals surface area contributed by atoms with Crippen molar-refractivity contribution in [1.29, 1.82) is 0 Å². The highest BCUT2D eigenvalue weighted by molar-refractivity contribution is 7.84. The number of hydrogen-bond acceptors (Lipinski definition) is 3. The number of rotatable bonds is 8. The number of nitrogens with one attached hydrogen (secondary N) is 1. The van der Waals surface area contributed by atoms with Crippen LogP contribution in [0, 0.1) is 5.92 Å². The zero-order chi connectivity index (χ0) is 12.7. The van der Waals surface area contributed by atoms with E-state index in [0.717, 1.165) is 36.8 Å². The van der Waals surface area contributed by atoms with Gasteiger partial charge in [0.2, 0.25) is 0 Å². The van der Waals surface area contributed by atoms with Crippen molar-refractivity contribution in [3.63, 3.8) is 0 Å². The van der Waals surface area contributed by atoms with Crippen molar-refractivity contribution in [3.05, 3.63) is 23.7 Å². The van der Waals surface area contributed by atoms with Crippen LogP contribution < -0.4 is 5.32 Å². The third-order valence-electron chi connectivity index (χ3n) is 2.49. The highest BCUT2D eigenvalue weighted by atomic mass is 32.2. The van der Waals surface area contributed by atoms with Crippen LogP contribution in [0.4, 0.5) is 0 Å². The van der Waals surface area contributed by atoms with Crippen LogP contribution in [-0.2, 0) is 23.1 Å². The van der Waals surface area contributed by atoms with E-state index in [9.17, 15) is 4.21 Å². The summed E-state index contributed by atoms with van der Waals surface area (Å²) in [7, 11) is -0.798. The Morgan fingerprint density at radius 1 is 1.35 bits per heavy atom. The van der Waals surface area contributed by atoms with E-state index in [2.05, 4.69) is 26.1 Å². The minimum atomic E-state index is -0.798. The molecule has 1 heterocycles. The predicted octanol–water partition coefficient (Wildman–Crippen LogP) is 2.68.